The number of rotatable bonds is 8. The van der Waals surface area contributed by atoms with Gasteiger partial charge < -0.3 is 21.1 Å². The minimum atomic E-state index is -0.708. The van der Waals surface area contributed by atoms with Crippen molar-refractivity contribution in [3.05, 3.63) is 83.4 Å². The predicted octanol–water partition coefficient (Wildman–Crippen LogP) is 2.85. The minimum absolute atomic E-state index is 0.272. The molecule has 1 amide bonds. The Morgan fingerprint density at radius 2 is 2.03 bits per heavy atom. The van der Waals surface area contributed by atoms with Crippen molar-refractivity contribution in [1.29, 1.82) is 0 Å². The number of hydrogen-bond acceptors (Lipinski definition) is 6. The van der Waals surface area contributed by atoms with Gasteiger partial charge in [-0.2, -0.15) is 0 Å². The number of halogens is 1. The van der Waals surface area contributed by atoms with Gasteiger partial charge in [-0.3, -0.25) is 9.78 Å². The molecule has 3 heterocycles. The molecule has 8 heteroatoms. The summed E-state index contributed by atoms with van der Waals surface area (Å²) in [5, 5.41) is 13.2. The van der Waals surface area contributed by atoms with Crippen molar-refractivity contribution in [1.82, 2.24) is 9.97 Å². The third kappa shape index (κ3) is 5.64. The maximum Gasteiger partial charge on any atom is 0.229 e. The predicted molar refractivity (Wildman–Crippen MR) is 126 cm³/mol. The molecule has 2 aromatic heterocycles. The van der Waals surface area contributed by atoms with Crippen LogP contribution in [0.4, 0.5) is 16.0 Å². The van der Waals surface area contributed by atoms with Crippen LogP contribution in [-0.2, 0) is 11.2 Å². The second-order valence-corrected chi connectivity index (χ2v) is 8.25. The summed E-state index contributed by atoms with van der Waals surface area (Å²) in [7, 11) is 0. The van der Waals surface area contributed by atoms with Crippen LogP contribution in [0.1, 0.15) is 35.4 Å². The van der Waals surface area contributed by atoms with Gasteiger partial charge in [0.15, 0.2) is 0 Å². The van der Waals surface area contributed by atoms with Crippen LogP contribution in [0.25, 0.3) is 0 Å². The lowest BCUT2D eigenvalue weighted by Crippen LogP contribution is -2.36. The van der Waals surface area contributed by atoms with Crippen LogP contribution in [0, 0.1) is 5.82 Å². The molecule has 4 N–H and O–H groups in total. The molecule has 3 aromatic rings. The lowest BCUT2D eigenvalue weighted by atomic mass is 9.92. The molecule has 0 aliphatic carbocycles. The number of nitrogens with one attached hydrogen (secondary N) is 1. The SMILES string of the molecule is NC(=O)C(c1cccnc1)c1ccc(N2CCC(O)CC2)nc1NCCc1cccc(F)c1. The zero-order valence-electron chi connectivity index (χ0n) is 18.3. The molecule has 1 saturated heterocycles. The van der Waals surface area contributed by atoms with Crippen LogP contribution >= 0.6 is 0 Å². The Hall–Kier alpha value is -3.52. The van der Waals surface area contributed by atoms with E-state index in [0.717, 1.165) is 11.4 Å². The molecule has 4 rings (SSSR count). The summed E-state index contributed by atoms with van der Waals surface area (Å²) < 4.78 is 13.5. The molecule has 1 unspecified atom stereocenters. The molecular formula is C25H28FN5O2. The number of anilines is 2. The van der Waals surface area contributed by atoms with Crippen molar-refractivity contribution in [2.45, 2.75) is 31.3 Å². The summed E-state index contributed by atoms with van der Waals surface area (Å²) in [5.74, 6) is -0.145. The molecule has 0 bridgehead atoms. The first kappa shape index (κ1) is 22.7. The Balaban J connectivity index is 1.63. The number of piperidine rings is 1. The number of benzene rings is 1. The second-order valence-electron chi connectivity index (χ2n) is 8.25. The Kier molecular flexibility index (Phi) is 7.14. The summed E-state index contributed by atoms with van der Waals surface area (Å²) in [5.41, 5.74) is 8.02. The number of nitrogens with two attached hydrogens (primary N) is 1. The highest BCUT2D eigenvalue weighted by Gasteiger charge is 2.26. The molecule has 1 aliphatic rings. The fraction of sp³-hybridized carbons (Fsp3) is 0.320. The van der Waals surface area contributed by atoms with Crippen molar-refractivity contribution in [3.63, 3.8) is 0 Å². The van der Waals surface area contributed by atoms with Gasteiger partial charge in [0.2, 0.25) is 5.91 Å². The third-order valence-electron chi connectivity index (χ3n) is 5.91. The van der Waals surface area contributed by atoms with Gasteiger partial charge in [0, 0.05) is 37.6 Å². The number of carbonyl (C=O) groups excluding carboxylic acids is 1. The van der Waals surface area contributed by atoms with Crippen LogP contribution in [0.3, 0.4) is 0 Å². The van der Waals surface area contributed by atoms with E-state index in [1.807, 2.05) is 24.3 Å². The van der Waals surface area contributed by atoms with Crippen LogP contribution in [0.15, 0.2) is 60.9 Å². The highest BCUT2D eigenvalue weighted by atomic mass is 19.1. The van der Waals surface area contributed by atoms with Crippen molar-refractivity contribution in [3.8, 4) is 0 Å². The Labute approximate surface area is 192 Å². The molecule has 0 spiro atoms. The Morgan fingerprint density at radius 1 is 1.21 bits per heavy atom. The molecule has 1 atom stereocenters. The van der Waals surface area contributed by atoms with E-state index in [-0.39, 0.29) is 11.9 Å². The number of aromatic nitrogens is 2. The van der Waals surface area contributed by atoms with Crippen molar-refractivity contribution >= 4 is 17.5 Å². The number of amides is 1. The largest absolute Gasteiger partial charge is 0.393 e. The van der Waals surface area contributed by atoms with Gasteiger partial charge in [0.1, 0.15) is 17.5 Å². The number of hydrogen-bond donors (Lipinski definition) is 3. The summed E-state index contributed by atoms with van der Waals surface area (Å²) in [6, 6.07) is 13.8. The smallest absolute Gasteiger partial charge is 0.229 e. The van der Waals surface area contributed by atoms with E-state index in [9.17, 15) is 14.3 Å². The summed E-state index contributed by atoms with van der Waals surface area (Å²) >= 11 is 0. The lowest BCUT2D eigenvalue weighted by molar-refractivity contribution is -0.118. The molecule has 0 saturated carbocycles. The first-order valence-corrected chi connectivity index (χ1v) is 11.1. The van der Waals surface area contributed by atoms with Crippen LogP contribution in [0.5, 0.6) is 0 Å². The minimum Gasteiger partial charge on any atom is -0.393 e. The quantitative estimate of drug-likeness (QED) is 0.489. The zero-order chi connectivity index (χ0) is 23.2. The highest BCUT2D eigenvalue weighted by Crippen LogP contribution is 2.31. The Morgan fingerprint density at radius 3 is 2.73 bits per heavy atom. The van der Waals surface area contributed by atoms with Gasteiger partial charge in [0.05, 0.1) is 12.0 Å². The van der Waals surface area contributed by atoms with Gasteiger partial charge in [-0.1, -0.05) is 24.3 Å². The average molecular weight is 450 g/mol. The molecule has 0 radical (unpaired) electrons. The van der Waals surface area contributed by atoms with Gasteiger partial charge in [0.25, 0.3) is 0 Å². The molecule has 1 aromatic carbocycles. The van der Waals surface area contributed by atoms with Gasteiger partial charge in [-0.05, 0) is 54.7 Å². The van der Waals surface area contributed by atoms with Crippen molar-refractivity contribution in [2.75, 3.05) is 29.9 Å². The van der Waals surface area contributed by atoms with E-state index >= 15 is 0 Å². The number of nitrogens with zero attached hydrogens (tertiary/aromatic N) is 3. The number of carbonyl (C=O) groups is 1. The Bertz CT molecular complexity index is 1090. The van der Waals surface area contributed by atoms with E-state index in [1.165, 1.54) is 12.1 Å². The van der Waals surface area contributed by atoms with E-state index < -0.39 is 11.8 Å². The van der Waals surface area contributed by atoms with Crippen LogP contribution in [-0.4, -0.2) is 46.7 Å². The monoisotopic (exact) mass is 449 g/mol. The number of primary amides is 1. The highest BCUT2D eigenvalue weighted by molar-refractivity contribution is 5.87. The molecule has 1 aliphatic heterocycles. The average Bonchev–Trinajstić information content (AvgIpc) is 2.81. The maximum absolute atomic E-state index is 13.5. The van der Waals surface area contributed by atoms with Crippen LogP contribution < -0.4 is 16.0 Å². The van der Waals surface area contributed by atoms with E-state index in [4.69, 9.17) is 10.7 Å². The zero-order valence-corrected chi connectivity index (χ0v) is 18.3. The normalized spacial score (nSPS) is 15.3. The molecule has 1 fully saturated rings. The number of aliphatic hydroxyl groups is 1. The first-order chi connectivity index (χ1) is 16.0. The summed E-state index contributed by atoms with van der Waals surface area (Å²) in [6.45, 7) is 1.92. The lowest BCUT2D eigenvalue weighted by Gasteiger charge is -2.31. The third-order valence-corrected chi connectivity index (χ3v) is 5.91. The van der Waals surface area contributed by atoms with E-state index in [0.29, 0.717) is 55.8 Å². The summed E-state index contributed by atoms with van der Waals surface area (Å²) in [4.78, 5) is 23.6. The summed E-state index contributed by atoms with van der Waals surface area (Å²) in [6.07, 6.45) is 4.95. The number of aliphatic hydroxyl groups excluding tert-OH is 1. The van der Waals surface area contributed by atoms with Crippen molar-refractivity contribution < 1.29 is 14.3 Å². The second kappa shape index (κ2) is 10.4. The van der Waals surface area contributed by atoms with Gasteiger partial charge >= 0.3 is 0 Å². The molecule has 7 nitrogen and oxygen atoms in total. The van der Waals surface area contributed by atoms with Crippen molar-refractivity contribution in [2.24, 2.45) is 5.73 Å². The van der Waals surface area contributed by atoms with E-state index in [2.05, 4.69) is 15.2 Å². The molecule has 172 valence electrons. The topological polar surface area (TPSA) is 104 Å². The van der Waals surface area contributed by atoms with Gasteiger partial charge in [-0.15, -0.1) is 0 Å². The van der Waals surface area contributed by atoms with Gasteiger partial charge in [-0.25, -0.2) is 9.37 Å². The first-order valence-electron chi connectivity index (χ1n) is 11.1. The standard InChI is InChI=1S/C25H28FN5O2/c26-19-5-1-3-17(15-19)8-12-29-25-21(23(24(27)33)18-4-2-11-28-16-18)6-7-22(30-25)31-13-9-20(32)10-14-31/h1-7,11,15-16,20,23,32H,8-10,12-14H2,(H2,27,33)(H,29,30). The van der Waals surface area contributed by atoms with E-state index in [1.54, 1.807) is 24.5 Å². The fourth-order valence-corrected chi connectivity index (χ4v) is 4.17. The molecule has 33 heavy (non-hydrogen) atoms. The maximum atomic E-state index is 13.5. The van der Waals surface area contributed by atoms with Crippen LogP contribution in [0.2, 0.25) is 0 Å². The fourth-order valence-electron chi connectivity index (χ4n) is 4.17. The molecular weight excluding hydrogens is 421 g/mol. The number of pyridine rings is 2.